The van der Waals surface area contributed by atoms with Crippen molar-refractivity contribution in [2.45, 2.75) is 0 Å². The summed E-state index contributed by atoms with van der Waals surface area (Å²) in [6.07, 6.45) is 7.93. The second-order valence-electron chi connectivity index (χ2n) is 6.07. The summed E-state index contributed by atoms with van der Waals surface area (Å²) < 4.78 is 0. The highest BCUT2D eigenvalue weighted by Crippen LogP contribution is 2.38. The van der Waals surface area contributed by atoms with Gasteiger partial charge in [-0.3, -0.25) is 19.9 Å². The number of aromatic nitrogens is 6. The molecule has 0 amide bonds. The lowest BCUT2D eigenvalue weighted by molar-refractivity contribution is 1.12. The van der Waals surface area contributed by atoms with Crippen LogP contribution in [0, 0.1) is 0 Å². The molecule has 3 aromatic heterocycles. The Balaban J connectivity index is 1.95. The number of nitrogens with one attached hydrogen (secondary N) is 2. The molecule has 0 radical (unpaired) electrons. The minimum absolute atomic E-state index is 0.302. The summed E-state index contributed by atoms with van der Waals surface area (Å²) in [5.74, 6) is 0. The van der Waals surface area contributed by atoms with Crippen LogP contribution in [0.15, 0.2) is 60.2 Å². The standard InChI is InChI=1S/C19H13N7O/c20-17-11(10-2-1-3-14-13(10)7-25-26-14)6-12(15-8-21-4-5-22-15)18-16(17)19(27)24-9-23-18/h1-9H,20H2,(H,25,26)(H,23,24,27). The Morgan fingerprint density at radius 2 is 1.93 bits per heavy atom. The van der Waals surface area contributed by atoms with Crippen LogP contribution in [0.5, 0.6) is 0 Å². The second-order valence-corrected chi connectivity index (χ2v) is 6.07. The Morgan fingerprint density at radius 1 is 1.00 bits per heavy atom. The summed E-state index contributed by atoms with van der Waals surface area (Å²) in [6, 6.07) is 7.69. The number of anilines is 1. The van der Waals surface area contributed by atoms with E-state index in [1.807, 2.05) is 24.3 Å². The van der Waals surface area contributed by atoms with Gasteiger partial charge in [0.1, 0.15) is 0 Å². The molecule has 2 aromatic carbocycles. The summed E-state index contributed by atoms with van der Waals surface area (Å²) in [5.41, 5.74) is 10.7. The molecule has 3 heterocycles. The van der Waals surface area contributed by atoms with Crippen molar-refractivity contribution in [1.29, 1.82) is 0 Å². The Bertz CT molecular complexity index is 1360. The molecule has 27 heavy (non-hydrogen) atoms. The van der Waals surface area contributed by atoms with Gasteiger partial charge in [-0.2, -0.15) is 5.10 Å². The molecule has 8 heteroatoms. The Morgan fingerprint density at radius 3 is 2.78 bits per heavy atom. The van der Waals surface area contributed by atoms with Crippen LogP contribution < -0.4 is 11.3 Å². The summed E-state index contributed by atoms with van der Waals surface area (Å²) in [7, 11) is 0. The van der Waals surface area contributed by atoms with E-state index in [-0.39, 0.29) is 5.56 Å². The van der Waals surface area contributed by atoms with Crippen molar-refractivity contribution >= 4 is 27.5 Å². The lowest BCUT2D eigenvalue weighted by Crippen LogP contribution is -2.10. The van der Waals surface area contributed by atoms with Crippen LogP contribution in [0.3, 0.4) is 0 Å². The van der Waals surface area contributed by atoms with E-state index in [9.17, 15) is 4.79 Å². The van der Waals surface area contributed by atoms with Gasteiger partial charge >= 0.3 is 0 Å². The fourth-order valence-corrected chi connectivity index (χ4v) is 3.34. The second kappa shape index (κ2) is 5.73. The molecule has 0 fully saturated rings. The van der Waals surface area contributed by atoms with E-state index in [0.29, 0.717) is 33.4 Å². The first-order valence-corrected chi connectivity index (χ1v) is 8.23. The first kappa shape index (κ1) is 15.2. The van der Waals surface area contributed by atoms with Gasteiger partial charge in [-0.15, -0.1) is 0 Å². The average molecular weight is 355 g/mol. The van der Waals surface area contributed by atoms with E-state index in [2.05, 4.69) is 30.1 Å². The molecule has 130 valence electrons. The van der Waals surface area contributed by atoms with Crippen LogP contribution in [-0.2, 0) is 0 Å². The fraction of sp³-hybridized carbons (Fsp3) is 0. The number of hydrogen-bond acceptors (Lipinski definition) is 6. The molecule has 0 aliphatic heterocycles. The third-order valence-electron chi connectivity index (χ3n) is 4.57. The van der Waals surface area contributed by atoms with Crippen LogP contribution in [0.4, 0.5) is 5.69 Å². The molecular formula is C19H13N7O. The molecule has 0 spiro atoms. The van der Waals surface area contributed by atoms with E-state index in [0.717, 1.165) is 16.5 Å². The Labute approximate surface area is 152 Å². The zero-order valence-electron chi connectivity index (χ0n) is 14.0. The maximum atomic E-state index is 12.6. The van der Waals surface area contributed by atoms with Gasteiger partial charge in [0.05, 0.1) is 46.5 Å². The minimum atomic E-state index is -0.302. The van der Waals surface area contributed by atoms with Gasteiger partial charge in [-0.25, -0.2) is 4.98 Å². The number of nitrogen functional groups attached to an aromatic ring is 1. The van der Waals surface area contributed by atoms with E-state index in [1.165, 1.54) is 6.33 Å². The third kappa shape index (κ3) is 2.27. The van der Waals surface area contributed by atoms with Crippen molar-refractivity contribution in [2.75, 3.05) is 5.73 Å². The van der Waals surface area contributed by atoms with Gasteiger partial charge in [-0.05, 0) is 17.7 Å². The molecule has 0 bridgehead atoms. The Kier molecular flexibility index (Phi) is 3.23. The van der Waals surface area contributed by atoms with Crippen LogP contribution in [-0.4, -0.2) is 30.1 Å². The van der Waals surface area contributed by atoms with E-state index in [1.54, 1.807) is 24.8 Å². The molecule has 5 aromatic rings. The molecule has 0 aliphatic rings. The molecule has 0 saturated carbocycles. The molecule has 0 atom stereocenters. The van der Waals surface area contributed by atoms with Gasteiger partial charge in [0.25, 0.3) is 5.56 Å². The Hall–Kier alpha value is -4.07. The van der Waals surface area contributed by atoms with Crippen molar-refractivity contribution in [3.05, 3.63) is 65.7 Å². The number of H-pyrrole nitrogens is 2. The quantitative estimate of drug-likeness (QED) is 0.418. The molecular weight excluding hydrogens is 342 g/mol. The summed E-state index contributed by atoms with van der Waals surface area (Å²) >= 11 is 0. The highest BCUT2D eigenvalue weighted by molar-refractivity contribution is 6.09. The summed E-state index contributed by atoms with van der Waals surface area (Å²) in [5, 5.41) is 8.30. The molecule has 0 unspecified atom stereocenters. The first-order chi connectivity index (χ1) is 13.2. The maximum absolute atomic E-state index is 12.6. The van der Waals surface area contributed by atoms with Crippen LogP contribution in [0.2, 0.25) is 0 Å². The summed E-state index contributed by atoms with van der Waals surface area (Å²) in [4.78, 5) is 28.0. The molecule has 8 nitrogen and oxygen atoms in total. The highest BCUT2D eigenvalue weighted by Gasteiger charge is 2.18. The van der Waals surface area contributed by atoms with Crippen molar-refractivity contribution in [3.63, 3.8) is 0 Å². The SMILES string of the molecule is Nc1c(-c2cccc3[nH]ncc23)cc(-c2cnccn2)c2nc[nH]c(=O)c12. The van der Waals surface area contributed by atoms with E-state index < -0.39 is 0 Å². The largest absolute Gasteiger partial charge is 0.398 e. The van der Waals surface area contributed by atoms with Crippen LogP contribution in [0.25, 0.3) is 44.2 Å². The van der Waals surface area contributed by atoms with Gasteiger partial charge in [0, 0.05) is 28.9 Å². The zero-order valence-corrected chi connectivity index (χ0v) is 14.0. The predicted octanol–water partition coefficient (Wildman–Crippen LogP) is 2.51. The molecule has 5 rings (SSSR count). The molecule has 4 N–H and O–H groups in total. The molecule has 0 saturated heterocycles. The fourth-order valence-electron chi connectivity index (χ4n) is 3.34. The zero-order chi connectivity index (χ0) is 18.4. The predicted molar refractivity (Wildman–Crippen MR) is 103 cm³/mol. The average Bonchev–Trinajstić information content (AvgIpc) is 3.18. The van der Waals surface area contributed by atoms with E-state index >= 15 is 0 Å². The maximum Gasteiger partial charge on any atom is 0.260 e. The lowest BCUT2D eigenvalue weighted by Gasteiger charge is -2.13. The number of benzene rings is 2. The van der Waals surface area contributed by atoms with Crippen LogP contribution in [0.1, 0.15) is 0 Å². The monoisotopic (exact) mass is 355 g/mol. The first-order valence-electron chi connectivity index (χ1n) is 8.23. The van der Waals surface area contributed by atoms with Crippen molar-refractivity contribution in [1.82, 2.24) is 30.1 Å². The van der Waals surface area contributed by atoms with Gasteiger partial charge in [0.2, 0.25) is 0 Å². The minimum Gasteiger partial charge on any atom is -0.398 e. The van der Waals surface area contributed by atoms with Crippen LogP contribution >= 0.6 is 0 Å². The van der Waals surface area contributed by atoms with Crippen molar-refractivity contribution in [2.24, 2.45) is 0 Å². The lowest BCUT2D eigenvalue weighted by atomic mass is 9.94. The third-order valence-corrected chi connectivity index (χ3v) is 4.57. The van der Waals surface area contributed by atoms with Gasteiger partial charge in [-0.1, -0.05) is 12.1 Å². The number of nitrogens with zero attached hydrogens (tertiary/aromatic N) is 4. The number of aromatic amines is 2. The topological polar surface area (TPSA) is 126 Å². The highest BCUT2D eigenvalue weighted by atomic mass is 16.1. The smallest absolute Gasteiger partial charge is 0.260 e. The number of rotatable bonds is 2. The van der Waals surface area contributed by atoms with Gasteiger partial charge < -0.3 is 10.7 Å². The number of fused-ring (bicyclic) bond motifs is 2. The number of hydrogen-bond donors (Lipinski definition) is 3. The van der Waals surface area contributed by atoms with E-state index in [4.69, 9.17) is 5.73 Å². The summed E-state index contributed by atoms with van der Waals surface area (Å²) in [6.45, 7) is 0. The van der Waals surface area contributed by atoms with Crippen molar-refractivity contribution in [3.8, 4) is 22.4 Å². The van der Waals surface area contributed by atoms with Gasteiger partial charge in [0.15, 0.2) is 0 Å². The normalized spacial score (nSPS) is 11.3. The molecule has 0 aliphatic carbocycles. The van der Waals surface area contributed by atoms with Crippen molar-refractivity contribution < 1.29 is 0 Å². The number of nitrogens with two attached hydrogens (primary N) is 1.